The van der Waals surface area contributed by atoms with Gasteiger partial charge in [0.25, 0.3) is 0 Å². The van der Waals surface area contributed by atoms with E-state index < -0.39 is 0 Å². The van der Waals surface area contributed by atoms with Gasteiger partial charge in [0.15, 0.2) is 5.96 Å². The number of nitrogens with zero attached hydrogens (tertiary/aromatic N) is 2. The first-order chi connectivity index (χ1) is 12.3. The third-order valence-corrected chi connectivity index (χ3v) is 6.37. The molecule has 3 N–H and O–H groups in total. The van der Waals surface area contributed by atoms with Gasteiger partial charge >= 0.3 is 0 Å². The lowest BCUT2D eigenvalue weighted by Crippen LogP contribution is -2.24. The summed E-state index contributed by atoms with van der Waals surface area (Å²) in [4.78, 5) is 10.8. The number of rotatable bonds is 4. The first kappa shape index (κ1) is 16.6. The highest BCUT2D eigenvalue weighted by atomic mass is 32.1. The van der Waals surface area contributed by atoms with Crippen molar-refractivity contribution in [3.63, 3.8) is 0 Å². The Morgan fingerprint density at radius 3 is 2.88 bits per heavy atom. The summed E-state index contributed by atoms with van der Waals surface area (Å²) in [6.07, 6.45) is 10.7. The maximum Gasteiger partial charge on any atom is 0.193 e. The van der Waals surface area contributed by atoms with Crippen LogP contribution in [0.4, 0.5) is 5.69 Å². The fourth-order valence-corrected chi connectivity index (χ4v) is 5.01. The van der Waals surface area contributed by atoms with E-state index >= 15 is 0 Å². The fraction of sp³-hybridized carbons (Fsp3) is 0.500. The van der Waals surface area contributed by atoms with Gasteiger partial charge in [0.05, 0.1) is 10.7 Å². The number of thiazole rings is 1. The van der Waals surface area contributed by atoms with Gasteiger partial charge in [-0.3, -0.25) is 4.99 Å². The Hall–Kier alpha value is -1.88. The number of guanidine groups is 1. The Morgan fingerprint density at radius 2 is 1.96 bits per heavy atom. The van der Waals surface area contributed by atoms with E-state index in [0.717, 1.165) is 24.9 Å². The monoisotopic (exact) mass is 354 g/mol. The molecule has 5 heteroatoms. The molecule has 0 radical (unpaired) electrons. The van der Waals surface area contributed by atoms with Gasteiger partial charge in [0.1, 0.15) is 0 Å². The van der Waals surface area contributed by atoms with E-state index in [1.165, 1.54) is 65.2 Å². The van der Waals surface area contributed by atoms with Crippen LogP contribution in [0.1, 0.15) is 52.4 Å². The molecule has 1 heterocycles. The Labute approximate surface area is 153 Å². The fourth-order valence-electron chi connectivity index (χ4n) is 3.86. The van der Waals surface area contributed by atoms with E-state index in [4.69, 9.17) is 10.7 Å². The van der Waals surface area contributed by atoms with Crippen molar-refractivity contribution in [2.75, 3.05) is 11.9 Å². The quantitative estimate of drug-likeness (QED) is 0.647. The summed E-state index contributed by atoms with van der Waals surface area (Å²) in [6, 6.07) is 6.46. The predicted octanol–water partition coefficient (Wildman–Crippen LogP) is 3.87. The van der Waals surface area contributed by atoms with E-state index in [1.807, 2.05) is 11.3 Å². The van der Waals surface area contributed by atoms with E-state index in [-0.39, 0.29) is 0 Å². The zero-order chi connectivity index (χ0) is 17.1. The van der Waals surface area contributed by atoms with Crippen molar-refractivity contribution in [2.45, 2.75) is 57.8 Å². The second kappa shape index (κ2) is 7.56. The minimum atomic E-state index is 0.514. The van der Waals surface area contributed by atoms with Gasteiger partial charge in [0.2, 0.25) is 0 Å². The topological polar surface area (TPSA) is 63.3 Å². The lowest BCUT2D eigenvalue weighted by atomic mass is 9.90. The van der Waals surface area contributed by atoms with E-state index in [0.29, 0.717) is 12.5 Å². The number of anilines is 1. The lowest BCUT2D eigenvalue weighted by Gasteiger charge is -2.19. The summed E-state index contributed by atoms with van der Waals surface area (Å²) in [5.74, 6) is 0.514. The van der Waals surface area contributed by atoms with Crippen molar-refractivity contribution in [1.82, 2.24) is 4.98 Å². The maximum absolute atomic E-state index is 6.12. The normalized spacial score (nSPS) is 17.0. The number of hydrogen-bond acceptors (Lipinski definition) is 3. The second-order valence-corrected chi connectivity index (χ2v) is 8.15. The SMILES string of the molecule is NC(=NCCc1nc2c(s1)CCCC2)Nc1cccc2c1CCCC2. The molecule has 1 aromatic carbocycles. The highest BCUT2D eigenvalue weighted by molar-refractivity contribution is 7.11. The molecule has 25 heavy (non-hydrogen) atoms. The van der Waals surface area contributed by atoms with Gasteiger partial charge in [-0.25, -0.2) is 4.98 Å². The number of hydrogen-bond donors (Lipinski definition) is 2. The molecule has 0 aliphatic heterocycles. The van der Waals surface area contributed by atoms with Crippen LogP contribution in [-0.4, -0.2) is 17.5 Å². The first-order valence-corrected chi connectivity index (χ1v) is 10.3. The molecule has 2 aliphatic carbocycles. The summed E-state index contributed by atoms with van der Waals surface area (Å²) in [5, 5.41) is 4.52. The van der Waals surface area contributed by atoms with Crippen LogP contribution < -0.4 is 11.1 Å². The minimum absolute atomic E-state index is 0.514. The summed E-state index contributed by atoms with van der Waals surface area (Å²) in [7, 11) is 0. The highest BCUT2D eigenvalue weighted by Gasteiger charge is 2.15. The van der Waals surface area contributed by atoms with Crippen LogP contribution in [0.3, 0.4) is 0 Å². The smallest absolute Gasteiger partial charge is 0.193 e. The molecular formula is C20H26N4S. The average Bonchev–Trinajstić information content (AvgIpc) is 3.05. The molecule has 1 aromatic heterocycles. The van der Waals surface area contributed by atoms with Crippen LogP contribution in [0.15, 0.2) is 23.2 Å². The van der Waals surface area contributed by atoms with Gasteiger partial charge in [-0.1, -0.05) is 12.1 Å². The lowest BCUT2D eigenvalue weighted by molar-refractivity contribution is 0.680. The molecule has 0 bridgehead atoms. The van der Waals surface area contributed by atoms with Crippen LogP contribution in [-0.2, 0) is 32.1 Å². The Kier molecular flexibility index (Phi) is 5.02. The Balaban J connectivity index is 1.37. The molecule has 0 unspecified atom stereocenters. The van der Waals surface area contributed by atoms with Crippen LogP contribution in [0.25, 0.3) is 0 Å². The minimum Gasteiger partial charge on any atom is -0.370 e. The van der Waals surface area contributed by atoms with Crippen molar-refractivity contribution < 1.29 is 0 Å². The van der Waals surface area contributed by atoms with Gasteiger partial charge < -0.3 is 11.1 Å². The molecular weight excluding hydrogens is 328 g/mol. The van der Waals surface area contributed by atoms with Crippen molar-refractivity contribution in [3.8, 4) is 0 Å². The van der Waals surface area contributed by atoms with Gasteiger partial charge in [-0.15, -0.1) is 11.3 Å². The third kappa shape index (κ3) is 3.87. The molecule has 2 aliphatic rings. The Morgan fingerprint density at radius 1 is 1.12 bits per heavy atom. The van der Waals surface area contributed by atoms with Crippen LogP contribution in [0.5, 0.6) is 0 Å². The molecule has 2 aromatic rings. The van der Waals surface area contributed by atoms with Crippen molar-refractivity contribution in [1.29, 1.82) is 0 Å². The maximum atomic E-state index is 6.12. The predicted molar refractivity (Wildman–Crippen MR) is 106 cm³/mol. The summed E-state index contributed by atoms with van der Waals surface area (Å²) >= 11 is 1.87. The number of aromatic nitrogens is 1. The first-order valence-electron chi connectivity index (χ1n) is 9.45. The van der Waals surface area contributed by atoms with Crippen molar-refractivity contribution >= 4 is 23.0 Å². The average molecular weight is 355 g/mol. The number of aryl methyl sites for hydroxylation is 3. The number of benzene rings is 1. The summed E-state index contributed by atoms with van der Waals surface area (Å²) < 4.78 is 0. The van der Waals surface area contributed by atoms with Gasteiger partial charge in [0, 0.05) is 23.5 Å². The number of nitrogens with one attached hydrogen (secondary N) is 1. The van der Waals surface area contributed by atoms with Gasteiger partial charge in [-0.2, -0.15) is 0 Å². The van der Waals surface area contributed by atoms with E-state index in [9.17, 15) is 0 Å². The molecule has 0 spiro atoms. The second-order valence-electron chi connectivity index (χ2n) is 6.98. The molecule has 0 saturated heterocycles. The molecule has 4 rings (SSSR count). The molecule has 0 atom stereocenters. The van der Waals surface area contributed by atoms with E-state index in [2.05, 4.69) is 28.5 Å². The summed E-state index contributed by atoms with van der Waals surface area (Å²) in [5.41, 5.74) is 11.5. The van der Waals surface area contributed by atoms with Crippen LogP contribution >= 0.6 is 11.3 Å². The Bertz CT molecular complexity index is 754. The third-order valence-electron chi connectivity index (χ3n) is 5.16. The summed E-state index contributed by atoms with van der Waals surface area (Å²) in [6.45, 7) is 0.695. The zero-order valence-electron chi connectivity index (χ0n) is 14.7. The number of nitrogens with two attached hydrogens (primary N) is 1. The molecule has 0 saturated carbocycles. The highest BCUT2D eigenvalue weighted by Crippen LogP contribution is 2.28. The number of fused-ring (bicyclic) bond motifs is 2. The largest absolute Gasteiger partial charge is 0.370 e. The van der Waals surface area contributed by atoms with Gasteiger partial charge in [-0.05, 0) is 68.6 Å². The molecule has 132 valence electrons. The molecule has 4 nitrogen and oxygen atoms in total. The van der Waals surface area contributed by atoms with E-state index in [1.54, 1.807) is 0 Å². The molecule has 0 fully saturated rings. The van der Waals surface area contributed by atoms with Crippen LogP contribution in [0.2, 0.25) is 0 Å². The van der Waals surface area contributed by atoms with Crippen LogP contribution in [0, 0.1) is 0 Å². The van der Waals surface area contributed by atoms with Crippen molar-refractivity contribution in [2.24, 2.45) is 10.7 Å². The van der Waals surface area contributed by atoms with Crippen molar-refractivity contribution in [3.05, 3.63) is 44.9 Å². The standard InChI is InChI=1S/C20H26N4S/c21-20(24-16-10-5-7-14-6-1-2-8-15(14)16)22-13-12-19-23-17-9-3-4-11-18(17)25-19/h5,7,10H,1-4,6,8-9,11-13H2,(H3,21,22,24). The zero-order valence-corrected chi connectivity index (χ0v) is 15.5. The number of aliphatic imine (C=N–C) groups is 1. The molecule has 0 amide bonds.